The standard InChI is InChI=1S/C14H16BrN3O3/c1-3-11-13(15)12(18(2)17-11)7-21-8-4-5-10(16)9(6-8)14(19)20/h4-6H,3,7,16H2,1-2H3,(H,19,20). The molecule has 2 aromatic rings. The van der Waals surface area contributed by atoms with Gasteiger partial charge in [0.05, 0.1) is 21.4 Å². The average molecular weight is 354 g/mol. The van der Waals surface area contributed by atoms with Crippen LogP contribution >= 0.6 is 15.9 Å². The zero-order valence-electron chi connectivity index (χ0n) is 11.8. The molecule has 112 valence electrons. The fraction of sp³-hybridized carbons (Fsp3) is 0.286. The van der Waals surface area contributed by atoms with Crippen LogP contribution in [0.4, 0.5) is 5.69 Å². The molecule has 0 unspecified atom stereocenters. The molecular formula is C14H16BrN3O3. The number of carboxylic acid groups (broad SMARTS) is 1. The van der Waals surface area contributed by atoms with Crippen molar-refractivity contribution in [3.8, 4) is 5.75 Å². The second-order valence-corrected chi connectivity index (χ2v) is 5.32. The minimum atomic E-state index is -1.08. The van der Waals surface area contributed by atoms with Gasteiger partial charge in [-0.15, -0.1) is 0 Å². The van der Waals surface area contributed by atoms with Gasteiger partial charge < -0.3 is 15.6 Å². The smallest absolute Gasteiger partial charge is 0.337 e. The number of hydrogen-bond donors (Lipinski definition) is 2. The molecule has 0 aliphatic rings. The molecule has 1 aromatic carbocycles. The molecule has 1 aromatic heterocycles. The molecule has 0 aliphatic heterocycles. The monoisotopic (exact) mass is 353 g/mol. The Morgan fingerprint density at radius 3 is 2.81 bits per heavy atom. The van der Waals surface area contributed by atoms with Crippen molar-refractivity contribution < 1.29 is 14.6 Å². The average Bonchev–Trinajstić information content (AvgIpc) is 2.72. The van der Waals surface area contributed by atoms with Crippen LogP contribution in [0.2, 0.25) is 0 Å². The third-order valence-electron chi connectivity index (χ3n) is 3.13. The molecule has 0 atom stereocenters. The zero-order valence-corrected chi connectivity index (χ0v) is 13.3. The van der Waals surface area contributed by atoms with Crippen molar-refractivity contribution in [2.45, 2.75) is 20.0 Å². The molecule has 21 heavy (non-hydrogen) atoms. The maximum absolute atomic E-state index is 11.0. The highest BCUT2D eigenvalue weighted by molar-refractivity contribution is 9.10. The lowest BCUT2D eigenvalue weighted by Gasteiger charge is -2.09. The highest BCUT2D eigenvalue weighted by Crippen LogP contribution is 2.25. The Bertz CT molecular complexity index is 682. The van der Waals surface area contributed by atoms with E-state index in [9.17, 15) is 4.79 Å². The number of rotatable bonds is 5. The maximum atomic E-state index is 11.0. The number of nitrogens with two attached hydrogens (primary N) is 1. The van der Waals surface area contributed by atoms with E-state index in [0.29, 0.717) is 5.75 Å². The van der Waals surface area contributed by atoms with Gasteiger partial charge in [-0.3, -0.25) is 4.68 Å². The Morgan fingerprint density at radius 1 is 1.52 bits per heavy atom. The molecule has 0 radical (unpaired) electrons. The first kappa shape index (κ1) is 15.4. The number of nitrogens with zero attached hydrogens (tertiary/aromatic N) is 2. The summed E-state index contributed by atoms with van der Waals surface area (Å²) in [7, 11) is 1.84. The first-order valence-electron chi connectivity index (χ1n) is 6.39. The summed E-state index contributed by atoms with van der Waals surface area (Å²) in [6.07, 6.45) is 0.819. The fourth-order valence-electron chi connectivity index (χ4n) is 1.94. The number of carboxylic acids is 1. The fourth-order valence-corrected chi connectivity index (χ4v) is 2.67. The Hall–Kier alpha value is -2.02. The normalized spacial score (nSPS) is 10.6. The second-order valence-electron chi connectivity index (χ2n) is 4.53. The molecular weight excluding hydrogens is 338 g/mol. The van der Waals surface area contributed by atoms with Gasteiger partial charge in [0, 0.05) is 12.7 Å². The number of carbonyl (C=O) groups is 1. The predicted octanol–water partition coefficient (Wildman–Crippen LogP) is 2.60. The summed E-state index contributed by atoms with van der Waals surface area (Å²) in [5, 5.41) is 13.4. The third kappa shape index (κ3) is 3.18. The Kier molecular flexibility index (Phi) is 4.52. The Labute approximate surface area is 130 Å². The number of aromatic carboxylic acids is 1. The molecule has 0 bridgehead atoms. The van der Waals surface area contributed by atoms with Crippen LogP contribution in [0.5, 0.6) is 5.75 Å². The van der Waals surface area contributed by atoms with Crippen LogP contribution in [-0.4, -0.2) is 20.9 Å². The molecule has 0 fully saturated rings. The Morgan fingerprint density at radius 2 is 2.24 bits per heavy atom. The summed E-state index contributed by atoms with van der Waals surface area (Å²) in [5.41, 5.74) is 7.70. The van der Waals surface area contributed by atoms with Crippen molar-refractivity contribution in [2.75, 3.05) is 5.73 Å². The molecule has 0 amide bonds. The first-order valence-corrected chi connectivity index (χ1v) is 7.19. The summed E-state index contributed by atoms with van der Waals surface area (Å²) in [6.45, 7) is 2.31. The minimum absolute atomic E-state index is 0.0332. The van der Waals surface area contributed by atoms with Gasteiger partial charge in [0.15, 0.2) is 0 Å². The minimum Gasteiger partial charge on any atom is -0.487 e. The maximum Gasteiger partial charge on any atom is 0.337 e. The van der Waals surface area contributed by atoms with Crippen molar-refractivity contribution in [3.05, 3.63) is 39.6 Å². The van der Waals surface area contributed by atoms with E-state index in [1.165, 1.54) is 12.1 Å². The van der Waals surface area contributed by atoms with E-state index in [4.69, 9.17) is 15.6 Å². The van der Waals surface area contributed by atoms with E-state index in [0.717, 1.165) is 22.3 Å². The number of aryl methyl sites for hydroxylation is 2. The number of aromatic nitrogens is 2. The van der Waals surface area contributed by atoms with E-state index in [1.807, 2.05) is 14.0 Å². The molecule has 6 nitrogen and oxygen atoms in total. The summed E-state index contributed by atoms with van der Waals surface area (Å²) >= 11 is 3.51. The van der Waals surface area contributed by atoms with Gasteiger partial charge in [-0.25, -0.2) is 4.79 Å². The van der Waals surface area contributed by atoms with Crippen molar-refractivity contribution in [3.63, 3.8) is 0 Å². The van der Waals surface area contributed by atoms with E-state index < -0.39 is 5.97 Å². The van der Waals surface area contributed by atoms with E-state index >= 15 is 0 Å². The molecule has 2 rings (SSSR count). The number of nitrogen functional groups attached to an aromatic ring is 1. The largest absolute Gasteiger partial charge is 0.487 e. The third-order valence-corrected chi connectivity index (χ3v) is 4.05. The molecule has 0 saturated carbocycles. The number of hydrogen-bond acceptors (Lipinski definition) is 4. The summed E-state index contributed by atoms with van der Waals surface area (Å²) < 4.78 is 8.31. The number of anilines is 1. The topological polar surface area (TPSA) is 90.4 Å². The lowest BCUT2D eigenvalue weighted by Crippen LogP contribution is -2.06. The highest BCUT2D eigenvalue weighted by atomic mass is 79.9. The number of ether oxygens (including phenoxy) is 1. The van der Waals surface area contributed by atoms with Crippen LogP contribution in [0.1, 0.15) is 28.7 Å². The van der Waals surface area contributed by atoms with Crippen LogP contribution in [0.25, 0.3) is 0 Å². The van der Waals surface area contributed by atoms with Gasteiger partial charge in [0.1, 0.15) is 12.4 Å². The van der Waals surface area contributed by atoms with Gasteiger partial charge in [0.2, 0.25) is 0 Å². The molecule has 1 heterocycles. The lowest BCUT2D eigenvalue weighted by molar-refractivity contribution is 0.0697. The summed E-state index contributed by atoms with van der Waals surface area (Å²) in [5.74, 6) is -0.624. The zero-order chi connectivity index (χ0) is 15.6. The van der Waals surface area contributed by atoms with Gasteiger partial charge >= 0.3 is 5.97 Å². The lowest BCUT2D eigenvalue weighted by atomic mass is 10.2. The second kappa shape index (κ2) is 6.17. The van der Waals surface area contributed by atoms with Crippen molar-refractivity contribution >= 4 is 27.6 Å². The quantitative estimate of drug-likeness (QED) is 0.806. The van der Waals surface area contributed by atoms with Gasteiger partial charge in [-0.2, -0.15) is 5.10 Å². The molecule has 7 heteroatoms. The SMILES string of the molecule is CCc1nn(C)c(COc2ccc(N)c(C(=O)O)c2)c1Br. The van der Waals surface area contributed by atoms with Crippen LogP contribution in [0.3, 0.4) is 0 Å². The van der Waals surface area contributed by atoms with Crippen LogP contribution in [0, 0.1) is 0 Å². The van der Waals surface area contributed by atoms with Gasteiger partial charge in [0.25, 0.3) is 0 Å². The van der Waals surface area contributed by atoms with Crippen LogP contribution in [0.15, 0.2) is 22.7 Å². The van der Waals surface area contributed by atoms with Crippen molar-refractivity contribution in [1.29, 1.82) is 0 Å². The summed E-state index contributed by atoms with van der Waals surface area (Å²) in [4.78, 5) is 11.0. The molecule has 3 N–H and O–H groups in total. The van der Waals surface area contributed by atoms with Crippen molar-refractivity contribution in [2.24, 2.45) is 7.05 Å². The van der Waals surface area contributed by atoms with E-state index in [1.54, 1.807) is 10.7 Å². The molecule has 0 spiro atoms. The van der Waals surface area contributed by atoms with Crippen molar-refractivity contribution in [1.82, 2.24) is 9.78 Å². The predicted molar refractivity (Wildman–Crippen MR) is 82.4 cm³/mol. The van der Waals surface area contributed by atoms with E-state index in [-0.39, 0.29) is 17.9 Å². The molecule has 0 aliphatic carbocycles. The number of benzene rings is 1. The highest BCUT2D eigenvalue weighted by Gasteiger charge is 2.14. The molecule has 0 saturated heterocycles. The van der Waals surface area contributed by atoms with Gasteiger partial charge in [-0.1, -0.05) is 6.92 Å². The van der Waals surface area contributed by atoms with E-state index in [2.05, 4.69) is 21.0 Å². The van der Waals surface area contributed by atoms with Crippen LogP contribution in [-0.2, 0) is 20.1 Å². The Balaban J connectivity index is 2.19. The number of halogens is 1. The van der Waals surface area contributed by atoms with Gasteiger partial charge in [-0.05, 0) is 40.5 Å². The van der Waals surface area contributed by atoms with Crippen LogP contribution < -0.4 is 10.5 Å². The summed E-state index contributed by atoms with van der Waals surface area (Å²) in [6, 6.07) is 4.59. The first-order chi connectivity index (χ1) is 9.93.